The molecule has 0 fully saturated rings. The first kappa shape index (κ1) is 19.4. The van der Waals surface area contributed by atoms with Crippen LogP contribution in [-0.4, -0.2) is 42.9 Å². The number of hydrogen-bond donors (Lipinski definition) is 3. The second-order valence-corrected chi connectivity index (χ2v) is 6.69. The Kier molecular flexibility index (Phi) is 6.28. The fraction of sp³-hybridized carbons (Fsp3) is 0.158. The van der Waals surface area contributed by atoms with Crippen molar-refractivity contribution in [3.8, 4) is 22.9 Å². The van der Waals surface area contributed by atoms with Gasteiger partial charge in [-0.2, -0.15) is 5.10 Å². The van der Waals surface area contributed by atoms with E-state index in [-0.39, 0.29) is 23.2 Å². The number of hydrogen-bond acceptors (Lipinski definition) is 7. The minimum Gasteiger partial charge on any atom is -0.504 e. The van der Waals surface area contributed by atoms with Crippen LogP contribution in [0.2, 0.25) is 0 Å². The Labute approximate surface area is 165 Å². The van der Waals surface area contributed by atoms with Gasteiger partial charge in [-0.25, -0.2) is 5.43 Å². The van der Waals surface area contributed by atoms with Gasteiger partial charge in [-0.15, -0.1) is 10.2 Å². The first-order valence-corrected chi connectivity index (χ1v) is 9.52. The molecule has 0 unspecified atom stereocenters. The van der Waals surface area contributed by atoms with Crippen LogP contribution in [0.3, 0.4) is 0 Å². The first-order valence-electron chi connectivity index (χ1n) is 8.53. The maximum atomic E-state index is 12.0. The minimum atomic E-state index is -0.295. The third-order valence-electron chi connectivity index (χ3n) is 3.80. The van der Waals surface area contributed by atoms with Crippen LogP contribution in [0.5, 0.6) is 11.5 Å². The molecule has 2 aromatic carbocycles. The van der Waals surface area contributed by atoms with Crippen LogP contribution in [0, 0.1) is 0 Å². The van der Waals surface area contributed by atoms with Crippen LogP contribution in [-0.2, 0) is 11.3 Å². The molecule has 0 bridgehead atoms. The predicted molar refractivity (Wildman–Crippen MR) is 107 cm³/mol. The molecule has 0 radical (unpaired) electrons. The smallest absolute Gasteiger partial charge is 0.250 e. The number of benzene rings is 2. The van der Waals surface area contributed by atoms with Gasteiger partial charge in [-0.1, -0.05) is 42.1 Å². The lowest BCUT2D eigenvalue weighted by atomic mass is 10.2. The fourth-order valence-electron chi connectivity index (χ4n) is 2.44. The summed E-state index contributed by atoms with van der Waals surface area (Å²) in [7, 11) is 0. The van der Waals surface area contributed by atoms with E-state index in [1.54, 1.807) is 6.07 Å². The third kappa shape index (κ3) is 4.68. The highest BCUT2D eigenvalue weighted by molar-refractivity contribution is 7.99. The van der Waals surface area contributed by atoms with Crippen molar-refractivity contribution in [2.24, 2.45) is 5.10 Å². The second kappa shape index (κ2) is 9.05. The number of rotatable bonds is 7. The van der Waals surface area contributed by atoms with Crippen LogP contribution in [0.25, 0.3) is 11.4 Å². The van der Waals surface area contributed by atoms with E-state index < -0.39 is 0 Å². The number of hydrazone groups is 1. The highest BCUT2D eigenvalue weighted by atomic mass is 32.2. The monoisotopic (exact) mass is 397 g/mol. The molecule has 0 saturated heterocycles. The van der Waals surface area contributed by atoms with E-state index in [4.69, 9.17) is 0 Å². The summed E-state index contributed by atoms with van der Waals surface area (Å²) in [5.74, 6) is 0.129. The van der Waals surface area contributed by atoms with Gasteiger partial charge in [0.15, 0.2) is 22.5 Å². The summed E-state index contributed by atoms with van der Waals surface area (Å²) in [6, 6.07) is 14.0. The standard InChI is InChI=1S/C19H19N5O3S/c1-2-24-18(14-6-4-3-5-7-14)22-23-19(24)28-12-17(27)21-20-11-13-8-9-15(25)16(26)10-13/h3-11,25-26H,2,12H2,1H3,(H,21,27)/b20-11-. The minimum absolute atomic E-state index is 0.130. The van der Waals surface area contributed by atoms with Crippen molar-refractivity contribution in [1.82, 2.24) is 20.2 Å². The van der Waals surface area contributed by atoms with Crippen molar-refractivity contribution in [2.75, 3.05) is 5.75 Å². The maximum absolute atomic E-state index is 12.0. The van der Waals surface area contributed by atoms with Crippen molar-refractivity contribution < 1.29 is 15.0 Å². The van der Waals surface area contributed by atoms with Gasteiger partial charge < -0.3 is 14.8 Å². The summed E-state index contributed by atoms with van der Waals surface area (Å²) in [5, 5.41) is 31.6. The Morgan fingerprint density at radius 1 is 1.18 bits per heavy atom. The molecule has 8 nitrogen and oxygen atoms in total. The summed E-state index contributed by atoms with van der Waals surface area (Å²) < 4.78 is 1.95. The first-order chi connectivity index (χ1) is 13.6. The van der Waals surface area contributed by atoms with E-state index in [1.807, 2.05) is 41.8 Å². The van der Waals surface area contributed by atoms with E-state index in [0.717, 1.165) is 11.4 Å². The van der Waals surface area contributed by atoms with Gasteiger partial charge in [-0.3, -0.25) is 4.79 Å². The fourth-order valence-corrected chi connectivity index (χ4v) is 3.24. The summed E-state index contributed by atoms with van der Waals surface area (Å²) in [4.78, 5) is 12.0. The molecule has 0 aliphatic heterocycles. The van der Waals surface area contributed by atoms with Crippen molar-refractivity contribution in [3.05, 3.63) is 54.1 Å². The Balaban J connectivity index is 1.58. The SMILES string of the molecule is CCn1c(SCC(=O)N/N=C\c2ccc(O)c(O)c2)nnc1-c1ccccc1. The molecule has 3 aromatic rings. The summed E-state index contributed by atoms with van der Waals surface area (Å²) >= 11 is 1.28. The highest BCUT2D eigenvalue weighted by Crippen LogP contribution is 2.24. The summed E-state index contributed by atoms with van der Waals surface area (Å²) in [5.41, 5.74) is 3.93. The van der Waals surface area contributed by atoms with Crippen molar-refractivity contribution in [2.45, 2.75) is 18.6 Å². The van der Waals surface area contributed by atoms with E-state index in [2.05, 4.69) is 20.7 Å². The largest absolute Gasteiger partial charge is 0.504 e. The van der Waals surface area contributed by atoms with Crippen molar-refractivity contribution >= 4 is 23.9 Å². The Morgan fingerprint density at radius 3 is 2.68 bits per heavy atom. The van der Waals surface area contributed by atoms with Gasteiger partial charge >= 0.3 is 0 Å². The van der Waals surface area contributed by atoms with E-state index in [0.29, 0.717) is 17.3 Å². The van der Waals surface area contributed by atoms with Crippen LogP contribution in [0.4, 0.5) is 0 Å². The van der Waals surface area contributed by atoms with Crippen LogP contribution in [0.15, 0.2) is 58.8 Å². The summed E-state index contributed by atoms with van der Waals surface area (Å²) in [6.45, 7) is 2.68. The van der Waals surface area contributed by atoms with Crippen LogP contribution < -0.4 is 5.43 Å². The molecule has 28 heavy (non-hydrogen) atoms. The van der Waals surface area contributed by atoms with Crippen molar-refractivity contribution in [3.63, 3.8) is 0 Å². The zero-order valence-corrected chi connectivity index (χ0v) is 15.9. The number of aromatic hydroxyl groups is 2. The molecule has 0 aliphatic carbocycles. The van der Waals surface area contributed by atoms with Crippen molar-refractivity contribution in [1.29, 1.82) is 0 Å². The van der Waals surface area contributed by atoms with E-state index in [1.165, 1.54) is 30.1 Å². The molecule has 144 valence electrons. The number of carbonyl (C=O) groups is 1. The lowest BCUT2D eigenvalue weighted by molar-refractivity contribution is -0.118. The molecule has 3 rings (SSSR count). The lowest BCUT2D eigenvalue weighted by Gasteiger charge is -2.06. The molecule has 0 aliphatic rings. The summed E-state index contributed by atoms with van der Waals surface area (Å²) in [6.07, 6.45) is 1.38. The number of phenols is 2. The lowest BCUT2D eigenvalue weighted by Crippen LogP contribution is -2.20. The topological polar surface area (TPSA) is 113 Å². The number of nitrogens with zero attached hydrogens (tertiary/aromatic N) is 4. The van der Waals surface area contributed by atoms with Gasteiger partial charge in [0, 0.05) is 12.1 Å². The van der Waals surface area contributed by atoms with Gasteiger partial charge in [-0.05, 0) is 30.7 Å². The maximum Gasteiger partial charge on any atom is 0.250 e. The molecule has 1 aromatic heterocycles. The Morgan fingerprint density at radius 2 is 1.96 bits per heavy atom. The molecule has 9 heteroatoms. The number of nitrogens with one attached hydrogen (secondary N) is 1. The quantitative estimate of drug-likeness (QED) is 0.244. The van der Waals surface area contributed by atoms with Gasteiger partial charge in [0.25, 0.3) is 5.91 Å². The molecular weight excluding hydrogens is 378 g/mol. The van der Waals surface area contributed by atoms with Crippen LogP contribution in [0.1, 0.15) is 12.5 Å². The Hall–Kier alpha value is -3.33. The van der Waals surface area contributed by atoms with Gasteiger partial charge in [0.1, 0.15) is 0 Å². The molecule has 1 heterocycles. The number of carbonyl (C=O) groups excluding carboxylic acids is 1. The van der Waals surface area contributed by atoms with E-state index in [9.17, 15) is 15.0 Å². The third-order valence-corrected chi connectivity index (χ3v) is 4.77. The van der Waals surface area contributed by atoms with Gasteiger partial charge in [0.05, 0.1) is 12.0 Å². The second-order valence-electron chi connectivity index (χ2n) is 5.75. The average molecular weight is 397 g/mol. The number of thioether (sulfide) groups is 1. The zero-order chi connectivity index (χ0) is 19.9. The predicted octanol–water partition coefficient (Wildman–Crippen LogP) is 2.62. The highest BCUT2D eigenvalue weighted by Gasteiger charge is 2.14. The molecule has 1 amide bonds. The normalized spacial score (nSPS) is 11.0. The number of phenolic OH excluding ortho intramolecular Hbond substituents is 2. The Bertz CT molecular complexity index is 988. The molecule has 0 spiro atoms. The molecule has 0 atom stereocenters. The average Bonchev–Trinajstić information content (AvgIpc) is 3.12. The van der Waals surface area contributed by atoms with E-state index >= 15 is 0 Å². The number of aromatic nitrogens is 3. The molecule has 3 N–H and O–H groups in total. The molecular formula is C19H19N5O3S. The molecule has 0 saturated carbocycles. The van der Waals surface area contributed by atoms with Gasteiger partial charge in [0.2, 0.25) is 0 Å². The zero-order valence-electron chi connectivity index (χ0n) is 15.1. The van der Waals surface area contributed by atoms with Crippen LogP contribution >= 0.6 is 11.8 Å². The number of amides is 1.